The molecule has 1 heterocycles. The van der Waals surface area contributed by atoms with Crippen molar-refractivity contribution in [2.45, 2.75) is 32.0 Å². The van der Waals surface area contributed by atoms with Crippen molar-refractivity contribution in [3.63, 3.8) is 0 Å². The van der Waals surface area contributed by atoms with Crippen LogP contribution in [0.1, 0.15) is 19.8 Å². The van der Waals surface area contributed by atoms with Gasteiger partial charge in [0.25, 0.3) is 0 Å². The molecular weight excluding hydrogens is 145 g/mol. The third-order valence-corrected chi connectivity index (χ3v) is 2.15. The quantitative estimate of drug-likeness (QED) is 0.658. The number of alkyl halides is 1. The number of ether oxygens (including phenoxy) is 1. The maximum atomic E-state index is 13.2. The van der Waals surface area contributed by atoms with Gasteiger partial charge in [0.1, 0.15) is 6.17 Å². The zero-order valence-corrected chi connectivity index (χ0v) is 6.92. The fourth-order valence-electron chi connectivity index (χ4n) is 1.45. The Morgan fingerprint density at radius 1 is 1.64 bits per heavy atom. The summed E-state index contributed by atoms with van der Waals surface area (Å²) in [6.45, 7) is 3.03. The van der Waals surface area contributed by atoms with E-state index in [9.17, 15) is 4.39 Å². The van der Waals surface area contributed by atoms with Crippen LogP contribution in [-0.4, -0.2) is 25.4 Å². The summed E-state index contributed by atoms with van der Waals surface area (Å²) >= 11 is 0. The van der Waals surface area contributed by atoms with Gasteiger partial charge in [0.15, 0.2) is 0 Å². The average Bonchev–Trinajstić information content (AvgIpc) is 2.05. The molecule has 11 heavy (non-hydrogen) atoms. The molecule has 1 fully saturated rings. The van der Waals surface area contributed by atoms with Crippen molar-refractivity contribution >= 4 is 0 Å². The van der Waals surface area contributed by atoms with Crippen LogP contribution in [0, 0.1) is 5.92 Å². The molecule has 1 aliphatic heterocycles. The number of hydrogen-bond acceptors (Lipinski definition) is 2. The van der Waals surface area contributed by atoms with Crippen LogP contribution in [0.3, 0.4) is 0 Å². The second-order valence-electron chi connectivity index (χ2n) is 3.28. The third kappa shape index (κ3) is 2.42. The maximum absolute atomic E-state index is 13.2. The van der Waals surface area contributed by atoms with Crippen LogP contribution < -0.4 is 5.73 Å². The molecule has 2 nitrogen and oxygen atoms in total. The molecule has 0 aromatic carbocycles. The highest BCUT2D eigenvalue weighted by atomic mass is 19.1. The van der Waals surface area contributed by atoms with E-state index < -0.39 is 6.17 Å². The van der Waals surface area contributed by atoms with Crippen LogP contribution in [0.25, 0.3) is 0 Å². The molecule has 2 N–H and O–H groups in total. The highest BCUT2D eigenvalue weighted by Gasteiger charge is 2.26. The second kappa shape index (κ2) is 4.02. The molecule has 0 radical (unpaired) electrons. The van der Waals surface area contributed by atoms with Crippen molar-refractivity contribution in [1.82, 2.24) is 0 Å². The Morgan fingerprint density at radius 3 is 2.82 bits per heavy atom. The molecule has 66 valence electrons. The van der Waals surface area contributed by atoms with Gasteiger partial charge in [-0.15, -0.1) is 0 Å². The minimum atomic E-state index is -0.893. The predicted octanol–water partition coefficient (Wildman–Crippen LogP) is 1.10. The molecule has 1 aliphatic rings. The van der Waals surface area contributed by atoms with Gasteiger partial charge < -0.3 is 10.5 Å². The lowest BCUT2D eigenvalue weighted by Gasteiger charge is -2.26. The summed E-state index contributed by atoms with van der Waals surface area (Å²) in [7, 11) is 0. The third-order valence-electron chi connectivity index (χ3n) is 2.15. The molecule has 0 aliphatic carbocycles. The van der Waals surface area contributed by atoms with E-state index in [1.165, 1.54) is 0 Å². The summed E-state index contributed by atoms with van der Waals surface area (Å²) < 4.78 is 18.4. The van der Waals surface area contributed by atoms with E-state index >= 15 is 0 Å². The van der Waals surface area contributed by atoms with E-state index in [-0.39, 0.29) is 12.0 Å². The van der Waals surface area contributed by atoms with Gasteiger partial charge in [-0.25, -0.2) is 4.39 Å². The van der Waals surface area contributed by atoms with Crippen molar-refractivity contribution < 1.29 is 9.13 Å². The summed E-state index contributed by atoms with van der Waals surface area (Å²) in [5.74, 6) is 0.0312. The minimum Gasteiger partial charge on any atom is -0.381 e. The first-order chi connectivity index (χ1) is 5.22. The number of nitrogens with two attached hydrogens (primary N) is 1. The molecule has 0 amide bonds. The molecule has 0 saturated carbocycles. The van der Waals surface area contributed by atoms with E-state index in [0.717, 1.165) is 19.4 Å². The van der Waals surface area contributed by atoms with Gasteiger partial charge in [0.2, 0.25) is 0 Å². The molecule has 0 spiro atoms. The highest BCUT2D eigenvalue weighted by Crippen LogP contribution is 2.21. The SMILES string of the molecule is CC(N)C(F)C1CCCOC1. The number of rotatable bonds is 2. The Morgan fingerprint density at radius 2 is 2.36 bits per heavy atom. The standard InChI is InChI=1S/C8H16FNO/c1-6(10)8(9)7-3-2-4-11-5-7/h6-8H,2-5,10H2,1H3. The van der Waals surface area contributed by atoms with E-state index in [4.69, 9.17) is 10.5 Å². The molecule has 0 bridgehead atoms. The Kier molecular flexibility index (Phi) is 3.27. The predicted molar refractivity (Wildman–Crippen MR) is 42.1 cm³/mol. The molecule has 1 rings (SSSR count). The Hall–Kier alpha value is -0.150. The van der Waals surface area contributed by atoms with Gasteiger partial charge in [-0.2, -0.15) is 0 Å². The first-order valence-electron chi connectivity index (χ1n) is 4.19. The lowest BCUT2D eigenvalue weighted by atomic mass is 9.93. The maximum Gasteiger partial charge on any atom is 0.120 e. The molecule has 3 atom stereocenters. The van der Waals surface area contributed by atoms with Gasteiger partial charge in [-0.05, 0) is 19.8 Å². The largest absolute Gasteiger partial charge is 0.381 e. The lowest BCUT2D eigenvalue weighted by Crippen LogP contribution is -2.38. The second-order valence-corrected chi connectivity index (χ2v) is 3.28. The number of hydrogen-bond donors (Lipinski definition) is 1. The van der Waals surface area contributed by atoms with Crippen LogP contribution in [0.15, 0.2) is 0 Å². The Labute approximate surface area is 66.9 Å². The van der Waals surface area contributed by atoms with Crippen LogP contribution in [0.2, 0.25) is 0 Å². The summed E-state index contributed by atoms with van der Waals surface area (Å²) in [6, 6.07) is -0.360. The van der Waals surface area contributed by atoms with Crippen LogP contribution >= 0.6 is 0 Å². The average molecular weight is 161 g/mol. The van der Waals surface area contributed by atoms with Gasteiger partial charge in [-0.1, -0.05) is 0 Å². The van der Waals surface area contributed by atoms with Crippen molar-refractivity contribution in [3.05, 3.63) is 0 Å². The lowest BCUT2D eigenvalue weighted by molar-refractivity contribution is 0.0150. The van der Waals surface area contributed by atoms with Gasteiger partial charge in [-0.3, -0.25) is 0 Å². The topological polar surface area (TPSA) is 35.2 Å². The Balaban J connectivity index is 2.32. The first-order valence-corrected chi connectivity index (χ1v) is 4.19. The summed E-state index contributed by atoms with van der Waals surface area (Å²) in [5.41, 5.74) is 5.44. The summed E-state index contributed by atoms with van der Waals surface area (Å²) in [6.07, 6.45) is 0.996. The van der Waals surface area contributed by atoms with Crippen LogP contribution in [0.5, 0.6) is 0 Å². The van der Waals surface area contributed by atoms with Crippen molar-refractivity contribution in [1.29, 1.82) is 0 Å². The van der Waals surface area contributed by atoms with E-state index in [2.05, 4.69) is 0 Å². The van der Waals surface area contributed by atoms with Gasteiger partial charge in [0, 0.05) is 18.6 Å². The van der Waals surface area contributed by atoms with Crippen molar-refractivity contribution in [2.75, 3.05) is 13.2 Å². The zero-order valence-electron chi connectivity index (χ0n) is 6.92. The van der Waals surface area contributed by atoms with Crippen LogP contribution in [-0.2, 0) is 4.74 Å². The summed E-state index contributed by atoms with van der Waals surface area (Å²) in [4.78, 5) is 0. The molecule has 1 saturated heterocycles. The smallest absolute Gasteiger partial charge is 0.120 e. The monoisotopic (exact) mass is 161 g/mol. The number of halogens is 1. The molecular formula is C8H16FNO. The van der Waals surface area contributed by atoms with E-state index in [1.54, 1.807) is 6.92 Å². The fraction of sp³-hybridized carbons (Fsp3) is 1.00. The van der Waals surface area contributed by atoms with Crippen molar-refractivity contribution in [2.24, 2.45) is 11.7 Å². The van der Waals surface area contributed by atoms with E-state index in [0.29, 0.717) is 6.61 Å². The van der Waals surface area contributed by atoms with Crippen LogP contribution in [0.4, 0.5) is 4.39 Å². The molecule has 3 unspecified atom stereocenters. The molecule has 0 aromatic rings. The first kappa shape index (κ1) is 8.94. The minimum absolute atomic E-state index is 0.0312. The van der Waals surface area contributed by atoms with Gasteiger partial charge in [0.05, 0.1) is 6.61 Å². The van der Waals surface area contributed by atoms with Crippen molar-refractivity contribution in [3.8, 4) is 0 Å². The van der Waals surface area contributed by atoms with Gasteiger partial charge >= 0.3 is 0 Å². The fourth-order valence-corrected chi connectivity index (χ4v) is 1.45. The Bertz CT molecular complexity index is 113. The molecule has 0 aromatic heterocycles. The summed E-state index contributed by atoms with van der Waals surface area (Å²) in [5, 5.41) is 0. The van der Waals surface area contributed by atoms with E-state index in [1.807, 2.05) is 0 Å². The normalized spacial score (nSPS) is 31.4. The molecule has 3 heteroatoms. The highest BCUT2D eigenvalue weighted by molar-refractivity contribution is 4.77. The zero-order chi connectivity index (χ0) is 8.27.